The van der Waals surface area contributed by atoms with Crippen molar-refractivity contribution in [2.45, 2.75) is 64.3 Å². The molecule has 2 aliphatic carbocycles. The minimum atomic E-state index is -0.153. The van der Waals surface area contributed by atoms with Crippen LogP contribution < -0.4 is 5.32 Å². The molecule has 5 heteroatoms. The second-order valence-electron chi connectivity index (χ2n) is 6.15. The van der Waals surface area contributed by atoms with Gasteiger partial charge in [0.05, 0.1) is 12.3 Å². The summed E-state index contributed by atoms with van der Waals surface area (Å²) in [6.45, 7) is 4.54. The van der Waals surface area contributed by atoms with Gasteiger partial charge < -0.3 is 10.1 Å². The van der Waals surface area contributed by atoms with Crippen molar-refractivity contribution in [3.8, 4) is 0 Å². The van der Waals surface area contributed by atoms with Gasteiger partial charge in [-0.25, -0.2) is 4.98 Å². The third kappa shape index (κ3) is 3.07. The van der Waals surface area contributed by atoms with E-state index in [1.165, 1.54) is 24.1 Å². The van der Waals surface area contributed by atoms with Gasteiger partial charge in [-0.05, 0) is 51.9 Å². The van der Waals surface area contributed by atoms with Crippen molar-refractivity contribution >= 4 is 22.4 Å². The van der Waals surface area contributed by atoms with E-state index in [2.05, 4.69) is 12.2 Å². The Morgan fingerprint density at radius 3 is 2.90 bits per heavy atom. The fourth-order valence-corrected chi connectivity index (χ4v) is 4.37. The summed E-state index contributed by atoms with van der Waals surface area (Å²) >= 11 is 1.72. The van der Waals surface area contributed by atoms with Crippen LogP contribution in [0.4, 0.5) is 5.13 Å². The number of aromatic nitrogens is 1. The van der Waals surface area contributed by atoms with Crippen molar-refractivity contribution < 1.29 is 9.53 Å². The van der Waals surface area contributed by atoms with Crippen molar-refractivity contribution in [2.24, 2.45) is 5.92 Å². The highest BCUT2D eigenvalue weighted by Crippen LogP contribution is 2.38. The molecule has 1 N–H and O–H groups in total. The maximum Gasteiger partial charge on any atom is 0.315 e. The zero-order chi connectivity index (χ0) is 14.8. The Morgan fingerprint density at radius 1 is 1.43 bits per heavy atom. The number of nitrogens with one attached hydrogen (secondary N) is 1. The first-order valence-electron chi connectivity index (χ1n) is 8.11. The Morgan fingerprint density at radius 2 is 2.24 bits per heavy atom. The van der Waals surface area contributed by atoms with E-state index in [0.717, 1.165) is 36.0 Å². The van der Waals surface area contributed by atoms with Gasteiger partial charge in [-0.2, -0.15) is 0 Å². The van der Waals surface area contributed by atoms with Crippen LogP contribution in [0.25, 0.3) is 0 Å². The molecular formula is C16H24N2O2S. The molecular weight excluding hydrogens is 284 g/mol. The summed E-state index contributed by atoms with van der Waals surface area (Å²) in [6.07, 6.45) is 6.97. The molecule has 1 aromatic heterocycles. The second-order valence-corrected chi connectivity index (χ2v) is 7.23. The van der Waals surface area contributed by atoms with Crippen LogP contribution in [0.2, 0.25) is 0 Å². The Kier molecular flexibility index (Phi) is 4.48. The van der Waals surface area contributed by atoms with Crippen molar-refractivity contribution in [1.82, 2.24) is 4.98 Å². The van der Waals surface area contributed by atoms with Crippen molar-refractivity contribution in [3.63, 3.8) is 0 Å². The maximum absolute atomic E-state index is 12.1. The van der Waals surface area contributed by atoms with E-state index >= 15 is 0 Å². The highest BCUT2D eigenvalue weighted by atomic mass is 32.1. The fourth-order valence-electron chi connectivity index (χ4n) is 3.20. The van der Waals surface area contributed by atoms with Crippen molar-refractivity contribution in [2.75, 3.05) is 11.9 Å². The van der Waals surface area contributed by atoms with Crippen molar-refractivity contribution in [1.29, 1.82) is 0 Å². The number of esters is 1. The van der Waals surface area contributed by atoms with Crippen LogP contribution in [0, 0.1) is 5.92 Å². The van der Waals surface area contributed by atoms with E-state index in [0.29, 0.717) is 12.6 Å². The first-order chi connectivity index (χ1) is 10.2. The van der Waals surface area contributed by atoms with E-state index in [9.17, 15) is 4.79 Å². The van der Waals surface area contributed by atoms with E-state index in [-0.39, 0.29) is 11.9 Å². The Hall–Kier alpha value is -1.10. The van der Waals surface area contributed by atoms with Gasteiger partial charge in [0.1, 0.15) is 5.92 Å². The zero-order valence-corrected chi connectivity index (χ0v) is 13.7. The van der Waals surface area contributed by atoms with Gasteiger partial charge in [0, 0.05) is 10.9 Å². The number of hydrogen-bond acceptors (Lipinski definition) is 5. The topological polar surface area (TPSA) is 51.2 Å². The van der Waals surface area contributed by atoms with Crippen LogP contribution in [0.1, 0.15) is 62.4 Å². The molecule has 2 unspecified atom stereocenters. The number of anilines is 1. The summed E-state index contributed by atoms with van der Waals surface area (Å²) in [6, 6.07) is 0.479. The average Bonchev–Trinajstić information content (AvgIpc) is 2.78. The minimum absolute atomic E-state index is 0.109. The predicted molar refractivity (Wildman–Crippen MR) is 84.9 cm³/mol. The van der Waals surface area contributed by atoms with E-state index in [1.54, 1.807) is 11.3 Å². The number of aryl methyl sites for hydroxylation is 1. The molecule has 1 fully saturated rings. The van der Waals surface area contributed by atoms with Crippen LogP contribution >= 0.6 is 11.3 Å². The molecule has 3 rings (SSSR count). The number of thiazole rings is 1. The lowest BCUT2D eigenvalue weighted by Crippen LogP contribution is -2.30. The van der Waals surface area contributed by atoms with Gasteiger partial charge >= 0.3 is 5.97 Å². The largest absolute Gasteiger partial charge is 0.465 e. The first-order valence-corrected chi connectivity index (χ1v) is 8.93. The SMILES string of the molecule is CCOC(=O)C1CCCc2sc(NC(C)C3CCC3)nc21. The molecule has 0 aliphatic heterocycles. The maximum atomic E-state index is 12.1. The lowest BCUT2D eigenvalue weighted by molar-refractivity contribution is -0.145. The lowest BCUT2D eigenvalue weighted by atomic mass is 9.80. The van der Waals surface area contributed by atoms with Crippen molar-refractivity contribution in [3.05, 3.63) is 10.6 Å². The summed E-state index contributed by atoms with van der Waals surface area (Å²) in [7, 11) is 0. The van der Waals surface area contributed by atoms with Crippen LogP contribution in [-0.2, 0) is 16.0 Å². The van der Waals surface area contributed by atoms with Gasteiger partial charge in [0.25, 0.3) is 0 Å². The average molecular weight is 308 g/mol. The second kappa shape index (κ2) is 6.34. The number of ether oxygens (including phenoxy) is 1. The summed E-state index contributed by atoms with van der Waals surface area (Å²) < 4.78 is 5.20. The van der Waals surface area contributed by atoms with E-state index in [1.807, 2.05) is 6.92 Å². The monoisotopic (exact) mass is 308 g/mol. The smallest absolute Gasteiger partial charge is 0.315 e. The number of fused-ring (bicyclic) bond motifs is 1. The van der Waals surface area contributed by atoms with Gasteiger partial charge in [-0.3, -0.25) is 4.79 Å². The van der Waals surface area contributed by atoms with Gasteiger partial charge in [-0.1, -0.05) is 6.42 Å². The predicted octanol–water partition coefficient (Wildman–Crippen LogP) is 3.73. The number of carbonyl (C=O) groups is 1. The number of carbonyl (C=O) groups excluding carboxylic acids is 1. The molecule has 1 saturated carbocycles. The van der Waals surface area contributed by atoms with Crippen LogP contribution in [0.15, 0.2) is 0 Å². The first kappa shape index (κ1) is 14.8. The molecule has 0 saturated heterocycles. The summed E-state index contributed by atoms with van der Waals surface area (Å²) in [4.78, 5) is 18.1. The molecule has 1 heterocycles. The molecule has 0 spiro atoms. The molecule has 1 aromatic rings. The zero-order valence-electron chi connectivity index (χ0n) is 12.9. The molecule has 0 bridgehead atoms. The highest BCUT2D eigenvalue weighted by Gasteiger charge is 2.32. The molecule has 2 aliphatic rings. The lowest BCUT2D eigenvalue weighted by Gasteiger charge is -2.31. The molecule has 2 atom stereocenters. The van der Waals surface area contributed by atoms with E-state index in [4.69, 9.17) is 9.72 Å². The molecule has 0 aromatic carbocycles. The molecule has 4 nitrogen and oxygen atoms in total. The minimum Gasteiger partial charge on any atom is -0.465 e. The third-order valence-corrected chi connectivity index (χ3v) is 5.80. The quantitative estimate of drug-likeness (QED) is 0.842. The number of hydrogen-bond donors (Lipinski definition) is 1. The summed E-state index contributed by atoms with van der Waals surface area (Å²) in [5.74, 6) is 0.522. The fraction of sp³-hybridized carbons (Fsp3) is 0.750. The van der Waals surface area contributed by atoms with Crippen LogP contribution in [-0.4, -0.2) is 23.6 Å². The summed E-state index contributed by atoms with van der Waals surface area (Å²) in [5, 5.41) is 4.53. The van der Waals surface area contributed by atoms with Crippen LogP contribution in [0.3, 0.4) is 0 Å². The van der Waals surface area contributed by atoms with Gasteiger partial charge in [0.2, 0.25) is 0 Å². The Labute approximate surface area is 130 Å². The third-order valence-electron chi connectivity index (χ3n) is 4.73. The Balaban J connectivity index is 1.72. The van der Waals surface area contributed by atoms with E-state index < -0.39 is 0 Å². The number of rotatable bonds is 5. The van der Waals surface area contributed by atoms with Gasteiger partial charge in [0.15, 0.2) is 5.13 Å². The molecule has 116 valence electrons. The standard InChI is InChI=1S/C16H24N2O2S/c1-3-20-15(19)12-8-5-9-13-14(12)18-16(21-13)17-10(2)11-6-4-7-11/h10-12H,3-9H2,1-2H3,(H,17,18). The normalized spacial score (nSPS) is 23.0. The number of nitrogens with zero attached hydrogens (tertiary/aromatic N) is 1. The molecule has 0 radical (unpaired) electrons. The molecule has 0 amide bonds. The van der Waals surface area contributed by atoms with Gasteiger partial charge in [-0.15, -0.1) is 11.3 Å². The van der Waals surface area contributed by atoms with Crippen LogP contribution in [0.5, 0.6) is 0 Å². The Bertz CT molecular complexity index is 510. The summed E-state index contributed by atoms with van der Waals surface area (Å²) in [5.41, 5.74) is 0.966. The molecule has 21 heavy (non-hydrogen) atoms. The highest BCUT2D eigenvalue weighted by molar-refractivity contribution is 7.15.